The van der Waals surface area contributed by atoms with Crippen LogP contribution in [0.3, 0.4) is 0 Å². The zero-order chi connectivity index (χ0) is 23.5. The molecule has 0 bridgehead atoms. The number of anilines is 1. The van der Waals surface area contributed by atoms with Crippen molar-refractivity contribution in [3.63, 3.8) is 0 Å². The van der Waals surface area contributed by atoms with Gasteiger partial charge in [-0.25, -0.2) is 8.78 Å². The molecule has 0 radical (unpaired) electrons. The van der Waals surface area contributed by atoms with Crippen molar-refractivity contribution in [3.05, 3.63) is 101 Å². The number of aryl methyl sites for hydroxylation is 1. The second-order valence-corrected chi connectivity index (χ2v) is 7.78. The first-order chi connectivity index (χ1) is 15.9. The summed E-state index contributed by atoms with van der Waals surface area (Å²) in [5, 5.41) is 4.18. The number of pyridine rings is 1. The summed E-state index contributed by atoms with van der Waals surface area (Å²) in [6.07, 6.45) is 1.71. The molecular formula is C27H23F2N3O. The van der Waals surface area contributed by atoms with Crippen LogP contribution in [0.1, 0.15) is 23.7 Å². The standard InChI is InChI=1S/C27H23F2N3O/c1-16(19-8-7-18-11-12-31-17(2)23(18)13-19)26(29)27(33)32-25-10-9-20(14-24(25)28)22-6-4-3-5-21(22)15-30/h3-14H,15,30H2,1-2H3,(H,32,33)/b26-16+. The molecule has 0 spiro atoms. The molecule has 0 fully saturated rings. The smallest absolute Gasteiger partial charge is 0.284 e. The van der Waals surface area contributed by atoms with Gasteiger partial charge in [0.15, 0.2) is 5.83 Å². The van der Waals surface area contributed by atoms with Crippen LogP contribution in [0.25, 0.3) is 27.5 Å². The van der Waals surface area contributed by atoms with Crippen LogP contribution >= 0.6 is 0 Å². The summed E-state index contributed by atoms with van der Waals surface area (Å²) >= 11 is 0. The van der Waals surface area contributed by atoms with Crippen LogP contribution in [0.2, 0.25) is 0 Å². The fourth-order valence-corrected chi connectivity index (χ4v) is 3.79. The van der Waals surface area contributed by atoms with Gasteiger partial charge in [0.05, 0.1) is 5.69 Å². The molecular weight excluding hydrogens is 420 g/mol. The van der Waals surface area contributed by atoms with Gasteiger partial charge in [0.25, 0.3) is 5.91 Å². The van der Waals surface area contributed by atoms with E-state index in [1.54, 1.807) is 24.4 Å². The SMILES string of the molecule is C/C(=C(\F)C(=O)Nc1ccc(-c2ccccc2CN)cc1F)c1ccc2ccnc(C)c2c1. The van der Waals surface area contributed by atoms with E-state index in [9.17, 15) is 13.6 Å². The van der Waals surface area contributed by atoms with Crippen LogP contribution in [0, 0.1) is 12.7 Å². The van der Waals surface area contributed by atoms with Gasteiger partial charge in [-0.1, -0.05) is 42.5 Å². The number of rotatable bonds is 5. The van der Waals surface area contributed by atoms with Gasteiger partial charge in [-0.05, 0) is 71.3 Å². The quantitative estimate of drug-likeness (QED) is 0.364. The molecule has 33 heavy (non-hydrogen) atoms. The van der Waals surface area contributed by atoms with Gasteiger partial charge in [0.2, 0.25) is 0 Å². The average molecular weight is 443 g/mol. The van der Waals surface area contributed by atoms with Crippen LogP contribution in [-0.2, 0) is 11.3 Å². The summed E-state index contributed by atoms with van der Waals surface area (Å²) in [6.45, 7) is 3.70. The van der Waals surface area contributed by atoms with E-state index in [1.165, 1.54) is 19.1 Å². The van der Waals surface area contributed by atoms with E-state index < -0.39 is 17.6 Å². The molecule has 4 nitrogen and oxygen atoms in total. The zero-order valence-corrected chi connectivity index (χ0v) is 18.3. The minimum atomic E-state index is -1.01. The van der Waals surface area contributed by atoms with Crippen molar-refractivity contribution in [2.45, 2.75) is 20.4 Å². The summed E-state index contributed by atoms with van der Waals surface area (Å²) < 4.78 is 29.7. The number of nitrogens with one attached hydrogen (secondary N) is 1. The first-order valence-corrected chi connectivity index (χ1v) is 10.5. The molecule has 1 heterocycles. The number of nitrogens with two attached hydrogens (primary N) is 1. The molecule has 4 aromatic rings. The molecule has 0 atom stereocenters. The van der Waals surface area contributed by atoms with Crippen molar-refractivity contribution >= 4 is 27.9 Å². The van der Waals surface area contributed by atoms with Crippen molar-refractivity contribution in [1.29, 1.82) is 0 Å². The van der Waals surface area contributed by atoms with Crippen molar-refractivity contribution in [1.82, 2.24) is 4.98 Å². The third kappa shape index (κ3) is 4.52. The van der Waals surface area contributed by atoms with Gasteiger partial charge >= 0.3 is 0 Å². The second-order valence-electron chi connectivity index (χ2n) is 7.78. The molecule has 0 saturated heterocycles. The second kappa shape index (κ2) is 9.30. The predicted molar refractivity (Wildman–Crippen MR) is 129 cm³/mol. The van der Waals surface area contributed by atoms with Crippen molar-refractivity contribution < 1.29 is 13.6 Å². The number of allylic oxidation sites excluding steroid dienone is 1. The van der Waals surface area contributed by atoms with E-state index in [2.05, 4.69) is 10.3 Å². The Bertz CT molecular complexity index is 1400. The first kappa shape index (κ1) is 22.3. The number of nitrogens with zero attached hydrogens (tertiary/aromatic N) is 1. The Morgan fingerprint density at radius 2 is 1.85 bits per heavy atom. The molecule has 3 N–H and O–H groups in total. The molecule has 1 amide bonds. The summed E-state index contributed by atoms with van der Waals surface area (Å²) in [7, 11) is 0. The molecule has 166 valence electrons. The number of amides is 1. The Morgan fingerprint density at radius 3 is 2.61 bits per heavy atom. The molecule has 1 aromatic heterocycles. The maximum absolute atomic E-state index is 15.0. The van der Waals surface area contributed by atoms with E-state index in [4.69, 9.17) is 5.73 Å². The molecule has 0 saturated carbocycles. The van der Waals surface area contributed by atoms with Gasteiger partial charge in [-0.15, -0.1) is 0 Å². The molecule has 4 rings (SSSR count). The Balaban J connectivity index is 1.60. The summed E-state index contributed by atoms with van der Waals surface area (Å²) in [6, 6.07) is 19.1. The Labute approximate surface area is 190 Å². The highest BCUT2D eigenvalue weighted by Crippen LogP contribution is 2.29. The number of aromatic nitrogens is 1. The summed E-state index contributed by atoms with van der Waals surface area (Å²) in [5.74, 6) is -2.65. The van der Waals surface area contributed by atoms with E-state index in [-0.39, 0.29) is 11.3 Å². The topological polar surface area (TPSA) is 68.0 Å². The minimum absolute atomic E-state index is 0.101. The summed E-state index contributed by atoms with van der Waals surface area (Å²) in [5.41, 5.74) is 9.50. The van der Waals surface area contributed by atoms with Gasteiger partial charge in [-0.2, -0.15) is 0 Å². The number of carbonyl (C=O) groups excluding carboxylic acids is 1. The first-order valence-electron chi connectivity index (χ1n) is 10.5. The normalized spacial score (nSPS) is 11.9. The van der Waals surface area contributed by atoms with Crippen molar-refractivity contribution in [2.75, 3.05) is 5.32 Å². The van der Waals surface area contributed by atoms with E-state index >= 15 is 0 Å². The maximum Gasteiger partial charge on any atom is 0.284 e. The lowest BCUT2D eigenvalue weighted by atomic mass is 9.99. The fraction of sp³-hybridized carbons (Fsp3) is 0.111. The average Bonchev–Trinajstić information content (AvgIpc) is 2.84. The Kier molecular flexibility index (Phi) is 6.29. The van der Waals surface area contributed by atoms with Crippen LogP contribution in [-0.4, -0.2) is 10.9 Å². The molecule has 0 aliphatic heterocycles. The third-order valence-corrected chi connectivity index (χ3v) is 5.69. The third-order valence-electron chi connectivity index (χ3n) is 5.69. The molecule has 3 aromatic carbocycles. The van der Waals surface area contributed by atoms with Gasteiger partial charge in [-0.3, -0.25) is 9.78 Å². The minimum Gasteiger partial charge on any atom is -0.326 e. The van der Waals surface area contributed by atoms with Gasteiger partial charge < -0.3 is 11.1 Å². The van der Waals surface area contributed by atoms with Crippen LogP contribution in [0.4, 0.5) is 14.5 Å². The largest absolute Gasteiger partial charge is 0.326 e. The van der Waals surface area contributed by atoms with Gasteiger partial charge in [0, 0.05) is 23.8 Å². The Hall–Kier alpha value is -3.90. The lowest BCUT2D eigenvalue weighted by Gasteiger charge is -2.11. The van der Waals surface area contributed by atoms with E-state index in [1.807, 2.05) is 43.3 Å². The highest BCUT2D eigenvalue weighted by atomic mass is 19.1. The van der Waals surface area contributed by atoms with E-state index in [0.717, 1.165) is 27.6 Å². The lowest BCUT2D eigenvalue weighted by molar-refractivity contribution is -0.114. The van der Waals surface area contributed by atoms with Crippen LogP contribution in [0.15, 0.2) is 78.8 Å². The molecule has 0 unspecified atom stereocenters. The molecule has 6 heteroatoms. The van der Waals surface area contributed by atoms with Crippen molar-refractivity contribution in [3.8, 4) is 11.1 Å². The number of hydrogen-bond acceptors (Lipinski definition) is 3. The maximum atomic E-state index is 15.0. The Morgan fingerprint density at radius 1 is 1.06 bits per heavy atom. The highest BCUT2D eigenvalue weighted by molar-refractivity contribution is 6.07. The highest BCUT2D eigenvalue weighted by Gasteiger charge is 2.17. The molecule has 0 aliphatic rings. The van der Waals surface area contributed by atoms with E-state index in [0.29, 0.717) is 17.7 Å². The van der Waals surface area contributed by atoms with Gasteiger partial charge in [0.1, 0.15) is 5.82 Å². The monoisotopic (exact) mass is 443 g/mol. The fourth-order valence-electron chi connectivity index (χ4n) is 3.79. The summed E-state index contributed by atoms with van der Waals surface area (Å²) in [4.78, 5) is 16.8. The number of fused-ring (bicyclic) bond motifs is 1. The lowest BCUT2D eigenvalue weighted by Crippen LogP contribution is -2.14. The number of hydrogen-bond donors (Lipinski definition) is 2. The zero-order valence-electron chi connectivity index (χ0n) is 18.3. The van der Waals surface area contributed by atoms with Crippen molar-refractivity contribution in [2.24, 2.45) is 5.73 Å². The molecule has 0 aliphatic carbocycles. The van der Waals surface area contributed by atoms with Crippen LogP contribution in [0.5, 0.6) is 0 Å². The predicted octanol–water partition coefficient (Wildman–Crippen LogP) is 6.15. The number of halogens is 2. The van der Waals surface area contributed by atoms with Crippen LogP contribution < -0.4 is 11.1 Å². The number of carbonyl (C=O) groups is 1. The number of benzene rings is 3.